The summed E-state index contributed by atoms with van der Waals surface area (Å²) in [6, 6.07) is 12.4. The van der Waals surface area contributed by atoms with Crippen LogP contribution in [-0.4, -0.2) is 32.0 Å². The highest BCUT2D eigenvalue weighted by molar-refractivity contribution is 7.89. The third kappa shape index (κ3) is 4.07. The fourth-order valence-corrected chi connectivity index (χ4v) is 2.85. The van der Waals surface area contributed by atoms with Crippen LogP contribution in [0, 0.1) is 10.1 Å². The van der Waals surface area contributed by atoms with Crippen LogP contribution in [0.2, 0.25) is 0 Å². The van der Waals surface area contributed by atoms with Gasteiger partial charge in [-0.1, -0.05) is 30.3 Å². The first-order valence-electron chi connectivity index (χ1n) is 7.04. The molecule has 0 aliphatic heterocycles. The average Bonchev–Trinajstić information content (AvgIpc) is 2.60. The molecule has 128 valence electrons. The molecule has 0 unspecified atom stereocenters. The zero-order valence-corrected chi connectivity index (χ0v) is 13.7. The second kappa shape index (κ2) is 7.39. The Balaban J connectivity index is 2.23. The van der Waals surface area contributed by atoms with Crippen molar-refractivity contribution in [3.05, 3.63) is 64.2 Å². The number of aliphatic hydroxyl groups is 1. The van der Waals surface area contributed by atoms with Crippen LogP contribution in [-0.2, 0) is 10.0 Å². The Morgan fingerprint density at radius 1 is 1.21 bits per heavy atom. The predicted molar refractivity (Wildman–Crippen MR) is 89.2 cm³/mol. The fourth-order valence-electron chi connectivity index (χ4n) is 2.10. The van der Waals surface area contributed by atoms with Gasteiger partial charge in [0.2, 0.25) is 10.0 Å². The monoisotopic (exact) mass is 351 g/mol. The molecule has 24 heavy (non-hydrogen) atoms. The van der Waals surface area contributed by atoms with Crippen molar-refractivity contribution < 1.29 is 18.4 Å². The van der Waals surface area contributed by atoms with Gasteiger partial charge in [-0.2, -0.15) is 0 Å². The number of rotatable bonds is 7. The Morgan fingerprint density at radius 3 is 2.46 bits per heavy atom. The Hall–Kier alpha value is -2.49. The third-order valence-corrected chi connectivity index (χ3v) is 4.83. The molecular formula is C15H17N3O5S. The van der Waals surface area contributed by atoms with Gasteiger partial charge in [-0.25, -0.2) is 13.1 Å². The van der Waals surface area contributed by atoms with E-state index in [1.54, 1.807) is 24.3 Å². The third-order valence-electron chi connectivity index (χ3n) is 3.42. The fraction of sp³-hybridized carbons (Fsp3) is 0.200. The van der Waals surface area contributed by atoms with Gasteiger partial charge in [0.05, 0.1) is 15.9 Å². The Kier molecular flexibility index (Phi) is 5.50. The van der Waals surface area contributed by atoms with E-state index in [9.17, 15) is 23.6 Å². The number of nitro groups is 1. The van der Waals surface area contributed by atoms with Crippen LogP contribution >= 0.6 is 0 Å². The summed E-state index contributed by atoms with van der Waals surface area (Å²) in [6.45, 7) is 0.0446. The van der Waals surface area contributed by atoms with Crippen molar-refractivity contribution in [2.45, 2.75) is 11.0 Å². The maximum absolute atomic E-state index is 11.7. The largest absolute Gasteiger partial charge is 0.387 e. The van der Waals surface area contributed by atoms with Gasteiger partial charge in [0.25, 0.3) is 5.69 Å². The molecule has 3 N–H and O–H groups in total. The first kappa shape index (κ1) is 17.9. The summed E-state index contributed by atoms with van der Waals surface area (Å²) in [4.78, 5) is 10.3. The van der Waals surface area contributed by atoms with Crippen molar-refractivity contribution in [2.75, 3.05) is 18.9 Å². The van der Waals surface area contributed by atoms with E-state index in [-0.39, 0.29) is 22.8 Å². The summed E-state index contributed by atoms with van der Waals surface area (Å²) < 4.78 is 25.6. The number of aliphatic hydroxyl groups excluding tert-OH is 1. The van der Waals surface area contributed by atoms with Gasteiger partial charge in [-0.05, 0) is 24.7 Å². The van der Waals surface area contributed by atoms with Gasteiger partial charge in [0, 0.05) is 12.6 Å². The van der Waals surface area contributed by atoms with Crippen molar-refractivity contribution in [3.8, 4) is 0 Å². The van der Waals surface area contributed by atoms with Crippen molar-refractivity contribution in [2.24, 2.45) is 0 Å². The SMILES string of the molecule is CNS(=O)(=O)c1ccc(NC[C@@H](O)c2ccccc2)c([N+](=O)[O-])c1. The molecule has 2 rings (SSSR count). The first-order chi connectivity index (χ1) is 11.3. The maximum atomic E-state index is 11.7. The van der Waals surface area contributed by atoms with Gasteiger partial charge in [-0.15, -0.1) is 0 Å². The van der Waals surface area contributed by atoms with Gasteiger partial charge >= 0.3 is 0 Å². The van der Waals surface area contributed by atoms with E-state index in [4.69, 9.17) is 0 Å². The van der Waals surface area contributed by atoms with Gasteiger partial charge in [0.15, 0.2) is 0 Å². The molecule has 0 bridgehead atoms. The molecular weight excluding hydrogens is 334 g/mol. The smallest absolute Gasteiger partial charge is 0.293 e. The lowest BCUT2D eigenvalue weighted by atomic mass is 10.1. The molecule has 0 heterocycles. The molecule has 0 amide bonds. The molecule has 8 nitrogen and oxygen atoms in total. The number of hydrogen-bond acceptors (Lipinski definition) is 6. The molecule has 2 aromatic rings. The summed E-state index contributed by atoms with van der Waals surface area (Å²) >= 11 is 0. The van der Waals surface area contributed by atoms with Crippen molar-refractivity contribution in [1.29, 1.82) is 0 Å². The van der Waals surface area contributed by atoms with Crippen LogP contribution in [0.25, 0.3) is 0 Å². The zero-order chi connectivity index (χ0) is 17.7. The molecule has 0 radical (unpaired) electrons. The van der Waals surface area contributed by atoms with Crippen molar-refractivity contribution >= 4 is 21.4 Å². The zero-order valence-electron chi connectivity index (χ0n) is 12.8. The van der Waals surface area contributed by atoms with Gasteiger partial charge in [-0.3, -0.25) is 10.1 Å². The molecule has 2 aromatic carbocycles. The standard InChI is InChI=1S/C15H17N3O5S/c1-16-24(22,23)12-7-8-13(14(9-12)18(20)21)17-10-15(19)11-5-3-2-4-6-11/h2-9,15-17,19H,10H2,1H3/t15-/m1/s1. The minimum Gasteiger partial charge on any atom is -0.387 e. The summed E-state index contributed by atoms with van der Waals surface area (Å²) in [5, 5.41) is 24.1. The molecule has 0 aliphatic carbocycles. The van der Waals surface area contributed by atoms with Crippen LogP contribution in [0.5, 0.6) is 0 Å². The molecule has 1 atom stereocenters. The van der Waals surface area contributed by atoms with E-state index < -0.39 is 21.1 Å². The number of nitrogens with zero attached hydrogens (tertiary/aromatic N) is 1. The quantitative estimate of drug-likeness (QED) is 0.515. The van der Waals surface area contributed by atoms with Crippen LogP contribution in [0.15, 0.2) is 53.4 Å². The second-order valence-electron chi connectivity index (χ2n) is 4.95. The van der Waals surface area contributed by atoms with Crippen LogP contribution < -0.4 is 10.0 Å². The van der Waals surface area contributed by atoms with E-state index in [1.807, 2.05) is 6.07 Å². The second-order valence-corrected chi connectivity index (χ2v) is 6.84. The highest BCUT2D eigenvalue weighted by Crippen LogP contribution is 2.28. The molecule has 0 saturated carbocycles. The molecule has 0 aromatic heterocycles. The maximum Gasteiger partial charge on any atom is 0.293 e. The van der Waals surface area contributed by atoms with E-state index in [2.05, 4.69) is 10.0 Å². The highest BCUT2D eigenvalue weighted by Gasteiger charge is 2.20. The first-order valence-corrected chi connectivity index (χ1v) is 8.52. The number of anilines is 1. The van der Waals surface area contributed by atoms with Gasteiger partial charge in [0.1, 0.15) is 5.69 Å². The average molecular weight is 351 g/mol. The number of hydrogen-bond donors (Lipinski definition) is 3. The summed E-state index contributed by atoms with van der Waals surface area (Å²) in [6.07, 6.45) is -0.855. The van der Waals surface area contributed by atoms with E-state index in [0.29, 0.717) is 5.56 Å². The molecule has 9 heteroatoms. The van der Waals surface area contributed by atoms with E-state index in [1.165, 1.54) is 19.2 Å². The Bertz CT molecular complexity index is 824. The van der Waals surface area contributed by atoms with E-state index in [0.717, 1.165) is 6.07 Å². The number of nitro benzene ring substituents is 1. The minimum atomic E-state index is -3.78. The van der Waals surface area contributed by atoms with Crippen LogP contribution in [0.3, 0.4) is 0 Å². The molecule has 0 spiro atoms. The minimum absolute atomic E-state index is 0.0446. The van der Waals surface area contributed by atoms with Crippen molar-refractivity contribution in [1.82, 2.24) is 4.72 Å². The summed E-state index contributed by atoms with van der Waals surface area (Å²) in [5.74, 6) is 0. The van der Waals surface area contributed by atoms with E-state index >= 15 is 0 Å². The van der Waals surface area contributed by atoms with Crippen LogP contribution in [0.1, 0.15) is 11.7 Å². The van der Waals surface area contributed by atoms with Crippen molar-refractivity contribution in [3.63, 3.8) is 0 Å². The predicted octanol–water partition coefficient (Wildman–Crippen LogP) is 1.65. The number of sulfonamides is 1. The number of benzene rings is 2. The lowest BCUT2D eigenvalue weighted by Gasteiger charge is -2.13. The molecule has 0 saturated heterocycles. The topological polar surface area (TPSA) is 122 Å². The molecule has 0 aliphatic rings. The number of nitrogens with one attached hydrogen (secondary N) is 2. The Morgan fingerprint density at radius 2 is 1.88 bits per heavy atom. The summed E-state index contributed by atoms with van der Waals surface area (Å²) in [5.41, 5.74) is 0.415. The molecule has 0 fully saturated rings. The Labute approximate surface area is 139 Å². The van der Waals surface area contributed by atoms with Crippen LogP contribution in [0.4, 0.5) is 11.4 Å². The lowest BCUT2D eigenvalue weighted by molar-refractivity contribution is -0.384. The van der Waals surface area contributed by atoms with Gasteiger partial charge < -0.3 is 10.4 Å². The summed E-state index contributed by atoms with van der Waals surface area (Å²) in [7, 11) is -2.55. The normalized spacial score (nSPS) is 12.6. The lowest BCUT2D eigenvalue weighted by Crippen LogP contribution is -2.19. The highest BCUT2D eigenvalue weighted by atomic mass is 32.2.